The molecule has 1 aromatic rings. The van der Waals surface area contributed by atoms with Crippen molar-refractivity contribution in [3.05, 3.63) is 29.8 Å². The number of sulfone groups is 1. The summed E-state index contributed by atoms with van der Waals surface area (Å²) in [7, 11) is -3.15. The molecule has 0 aromatic heterocycles. The first kappa shape index (κ1) is 15.0. The van der Waals surface area contributed by atoms with Gasteiger partial charge in [-0.15, -0.1) is 0 Å². The predicted octanol–water partition coefficient (Wildman–Crippen LogP) is 2.04. The molecule has 0 atom stereocenters. The molecule has 4 nitrogen and oxygen atoms in total. The number of hydrogen-bond donors (Lipinski definition) is 0. The lowest BCUT2D eigenvalue weighted by molar-refractivity contribution is 0.163. The van der Waals surface area contributed by atoms with Crippen molar-refractivity contribution < 1.29 is 17.9 Å². The van der Waals surface area contributed by atoms with Crippen LogP contribution in [0.1, 0.15) is 19.4 Å². The van der Waals surface area contributed by atoms with E-state index in [-0.39, 0.29) is 18.1 Å². The number of ether oxygens (including phenoxy) is 2. The molecule has 0 amide bonds. The summed E-state index contributed by atoms with van der Waals surface area (Å²) in [6, 6.07) is 7.22. The van der Waals surface area contributed by atoms with Crippen molar-refractivity contribution in [1.82, 2.24) is 0 Å². The molecule has 0 saturated carbocycles. The quantitative estimate of drug-likeness (QED) is 0.680. The van der Waals surface area contributed by atoms with E-state index in [1.807, 2.05) is 26.0 Å². The van der Waals surface area contributed by atoms with Crippen LogP contribution in [0.15, 0.2) is 24.3 Å². The molecule has 5 heteroatoms. The fourth-order valence-corrected chi connectivity index (χ4v) is 2.79. The maximum Gasteiger partial charge on any atom is 0.156 e. The predicted molar refractivity (Wildman–Crippen MR) is 71.6 cm³/mol. The van der Waals surface area contributed by atoms with Crippen LogP contribution in [-0.4, -0.2) is 34.0 Å². The molecule has 0 N–H and O–H groups in total. The van der Waals surface area contributed by atoms with Gasteiger partial charge in [0.15, 0.2) is 9.84 Å². The topological polar surface area (TPSA) is 52.6 Å². The molecule has 0 aliphatic heterocycles. The van der Waals surface area contributed by atoms with Crippen LogP contribution in [0.3, 0.4) is 0 Å². The minimum absolute atomic E-state index is 0.00372. The van der Waals surface area contributed by atoms with Crippen molar-refractivity contribution in [3.8, 4) is 5.75 Å². The van der Waals surface area contributed by atoms with Crippen molar-refractivity contribution in [2.75, 3.05) is 25.6 Å². The Hall–Kier alpha value is -1.07. The summed E-state index contributed by atoms with van der Waals surface area (Å²) in [5, 5.41) is 0. The van der Waals surface area contributed by atoms with Crippen molar-refractivity contribution >= 4 is 9.84 Å². The number of hydrogen-bond acceptors (Lipinski definition) is 4. The van der Waals surface area contributed by atoms with Gasteiger partial charge in [-0.05, 0) is 19.9 Å². The van der Waals surface area contributed by atoms with Crippen LogP contribution < -0.4 is 4.74 Å². The van der Waals surface area contributed by atoms with Gasteiger partial charge in [-0.2, -0.15) is 0 Å². The highest BCUT2D eigenvalue weighted by Gasteiger charge is 2.14. The standard InChI is InChI=1S/C13H20O4S/c1-3-16-9-10-18(14,15)11-12-7-5-6-8-13(12)17-4-2/h5-8H,3-4,9-11H2,1-2H3. The Morgan fingerprint density at radius 2 is 1.83 bits per heavy atom. The van der Waals surface area contributed by atoms with Crippen LogP contribution in [-0.2, 0) is 20.3 Å². The fourth-order valence-electron chi connectivity index (χ4n) is 1.56. The molecule has 1 aromatic carbocycles. The summed E-state index contributed by atoms with van der Waals surface area (Å²) in [6.07, 6.45) is 0. The smallest absolute Gasteiger partial charge is 0.156 e. The Kier molecular flexibility index (Phi) is 6.15. The molecule has 0 fully saturated rings. The normalized spacial score (nSPS) is 11.4. The summed E-state index contributed by atoms with van der Waals surface area (Å²) in [6.45, 7) is 5.02. The highest BCUT2D eigenvalue weighted by Crippen LogP contribution is 2.20. The average Bonchev–Trinajstić information content (AvgIpc) is 2.32. The van der Waals surface area contributed by atoms with Crippen LogP contribution in [0.25, 0.3) is 0 Å². The molecule has 0 heterocycles. The number of rotatable bonds is 8. The van der Waals surface area contributed by atoms with E-state index in [0.717, 1.165) is 0 Å². The van der Waals surface area contributed by atoms with Crippen molar-refractivity contribution in [3.63, 3.8) is 0 Å². The first-order valence-electron chi connectivity index (χ1n) is 6.08. The van der Waals surface area contributed by atoms with E-state index in [4.69, 9.17) is 9.47 Å². The van der Waals surface area contributed by atoms with Crippen molar-refractivity contribution in [2.45, 2.75) is 19.6 Å². The van der Waals surface area contributed by atoms with Crippen LogP contribution in [0, 0.1) is 0 Å². The fraction of sp³-hybridized carbons (Fsp3) is 0.538. The highest BCUT2D eigenvalue weighted by atomic mass is 32.2. The molecule has 0 unspecified atom stereocenters. The third kappa shape index (κ3) is 5.06. The van der Waals surface area contributed by atoms with Gasteiger partial charge in [0, 0.05) is 12.2 Å². The van der Waals surface area contributed by atoms with Gasteiger partial charge in [-0.3, -0.25) is 0 Å². The van der Waals surface area contributed by atoms with Gasteiger partial charge in [0.1, 0.15) is 5.75 Å². The van der Waals surface area contributed by atoms with Crippen LogP contribution >= 0.6 is 0 Å². The van der Waals surface area contributed by atoms with Gasteiger partial charge in [-0.1, -0.05) is 18.2 Å². The minimum atomic E-state index is -3.15. The summed E-state index contributed by atoms with van der Waals surface area (Å²) in [4.78, 5) is 0. The highest BCUT2D eigenvalue weighted by molar-refractivity contribution is 7.90. The summed E-state index contributed by atoms with van der Waals surface area (Å²) >= 11 is 0. The van der Waals surface area contributed by atoms with Crippen LogP contribution in [0.4, 0.5) is 0 Å². The second kappa shape index (κ2) is 7.38. The van der Waals surface area contributed by atoms with E-state index in [2.05, 4.69) is 0 Å². The Labute approximate surface area is 109 Å². The maximum absolute atomic E-state index is 11.9. The van der Waals surface area contributed by atoms with E-state index in [1.54, 1.807) is 12.1 Å². The molecule has 1 rings (SSSR count). The lowest BCUT2D eigenvalue weighted by atomic mass is 10.2. The Bertz CT molecular complexity index is 454. The van der Waals surface area contributed by atoms with Crippen molar-refractivity contribution in [2.24, 2.45) is 0 Å². The molecule has 0 saturated heterocycles. The van der Waals surface area contributed by atoms with Gasteiger partial charge in [0.25, 0.3) is 0 Å². The maximum atomic E-state index is 11.9. The lowest BCUT2D eigenvalue weighted by Crippen LogP contribution is -2.15. The molecule has 0 bridgehead atoms. The molecular formula is C13H20O4S. The molecule has 18 heavy (non-hydrogen) atoms. The largest absolute Gasteiger partial charge is 0.494 e. The van der Waals surface area contributed by atoms with Gasteiger partial charge in [0.05, 0.1) is 24.7 Å². The van der Waals surface area contributed by atoms with Gasteiger partial charge in [0.2, 0.25) is 0 Å². The second-order valence-electron chi connectivity index (χ2n) is 3.83. The molecule has 0 spiro atoms. The monoisotopic (exact) mass is 272 g/mol. The summed E-state index contributed by atoms with van der Waals surface area (Å²) < 4.78 is 34.3. The Morgan fingerprint density at radius 3 is 2.50 bits per heavy atom. The second-order valence-corrected chi connectivity index (χ2v) is 6.01. The minimum Gasteiger partial charge on any atom is -0.494 e. The van der Waals surface area contributed by atoms with E-state index >= 15 is 0 Å². The van der Waals surface area contributed by atoms with E-state index in [9.17, 15) is 8.42 Å². The molecule has 0 radical (unpaired) electrons. The van der Waals surface area contributed by atoms with Gasteiger partial charge < -0.3 is 9.47 Å². The number of para-hydroxylation sites is 1. The Morgan fingerprint density at radius 1 is 1.11 bits per heavy atom. The van der Waals surface area contributed by atoms with Gasteiger partial charge >= 0.3 is 0 Å². The molecule has 0 aliphatic carbocycles. The number of benzene rings is 1. The molecule has 102 valence electrons. The zero-order chi connectivity index (χ0) is 13.4. The molecular weight excluding hydrogens is 252 g/mol. The zero-order valence-electron chi connectivity index (χ0n) is 10.9. The van der Waals surface area contributed by atoms with E-state index in [0.29, 0.717) is 24.5 Å². The first-order chi connectivity index (χ1) is 8.59. The van der Waals surface area contributed by atoms with Crippen molar-refractivity contribution in [1.29, 1.82) is 0 Å². The van der Waals surface area contributed by atoms with E-state index < -0.39 is 9.84 Å². The SMILES string of the molecule is CCOCCS(=O)(=O)Cc1ccccc1OCC. The van der Waals surface area contributed by atoms with Crippen LogP contribution in [0.2, 0.25) is 0 Å². The third-order valence-electron chi connectivity index (χ3n) is 2.39. The first-order valence-corrected chi connectivity index (χ1v) is 7.90. The Balaban J connectivity index is 2.71. The van der Waals surface area contributed by atoms with Crippen LogP contribution in [0.5, 0.6) is 5.75 Å². The third-order valence-corrected chi connectivity index (χ3v) is 3.93. The van der Waals surface area contributed by atoms with Gasteiger partial charge in [-0.25, -0.2) is 8.42 Å². The summed E-state index contributed by atoms with van der Waals surface area (Å²) in [5.74, 6) is 0.678. The zero-order valence-corrected chi connectivity index (χ0v) is 11.7. The lowest BCUT2D eigenvalue weighted by Gasteiger charge is -2.10. The average molecular weight is 272 g/mol. The summed E-state index contributed by atoms with van der Waals surface area (Å²) in [5.41, 5.74) is 0.704. The molecule has 0 aliphatic rings. The van der Waals surface area contributed by atoms with E-state index in [1.165, 1.54) is 0 Å².